The quantitative estimate of drug-likeness (QED) is 0.269. The van der Waals surface area contributed by atoms with E-state index in [1.54, 1.807) is 18.2 Å². The van der Waals surface area contributed by atoms with Crippen molar-refractivity contribution in [3.63, 3.8) is 0 Å². The maximum absolute atomic E-state index is 10.5. The molecule has 1 aromatic carbocycles. The van der Waals surface area contributed by atoms with Crippen molar-refractivity contribution in [1.82, 2.24) is 0 Å². The van der Waals surface area contributed by atoms with Gasteiger partial charge < -0.3 is 0 Å². The van der Waals surface area contributed by atoms with Crippen molar-refractivity contribution >= 4 is 25.1 Å². The molecule has 76 valence electrons. The van der Waals surface area contributed by atoms with E-state index in [4.69, 9.17) is 6.42 Å². The number of para-hydroxylation sites is 1. The average Bonchev–Trinajstić information content (AvgIpc) is 2.15. The minimum atomic E-state index is -0.388. The van der Waals surface area contributed by atoms with E-state index in [1.807, 2.05) is 0 Å². The van der Waals surface area contributed by atoms with Gasteiger partial charge in [0.1, 0.15) is 0 Å². The summed E-state index contributed by atoms with van der Waals surface area (Å²) in [5, 5.41) is 11.0. The molecule has 1 aromatic rings. The van der Waals surface area contributed by atoms with Crippen LogP contribution in [0, 0.1) is 22.5 Å². The van der Waals surface area contributed by atoms with Crippen LogP contribution >= 0.6 is 0 Å². The van der Waals surface area contributed by atoms with Crippen LogP contribution in [0.4, 0.5) is 5.69 Å². The van der Waals surface area contributed by atoms with Crippen molar-refractivity contribution in [2.45, 2.75) is 5.32 Å². The summed E-state index contributed by atoms with van der Waals surface area (Å²) >= 11 is -0.0502. The van der Waals surface area contributed by atoms with Crippen LogP contribution in [0.1, 0.15) is 0 Å². The van der Waals surface area contributed by atoms with Crippen molar-refractivity contribution < 1.29 is 27.3 Å². The minimum absolute atomic E-state index is 0. The van der Waals surface area contributed by atoms with Crippen molar-refractivity contribution in [3.05, 3.63) is 40.8 Å². The van der Waals surface area contributed by atoms with E-state index in [0.717, 1.165) is 4.46 Å². The first-order valence-electron chi connectivity index (χ1n) is 3.51. The number of nitro groups is 1. The maximum atomic E-state index is 10.5. The third-order valence-corrected chi connectivity index (χ3v) is 3.34. The first-order chi connectivity index (χ1) is 6.25. The molecule has 0 saturated heterocycles. The molecule has 0 aliphatic carbocycles. The summed E-state index contributed by atoms with van der Waals surface area (Å²) < 4.78 is 0.722. The molecule has 0 heterocycles. The number of benzene rings is 1. The number of rotatable bonds is 3. The van der Waals surface area contributed by atoms with Gasteiger partial charge in [-0.1, -0.05) is 0 Å². The molecule has 0 spiro atoms. The van der Waals surface area contributed by atoms with Gasteiger partial charge in [0.25, 0.3) is 0 Å². The summed E-state index contributed by atoms with van der Waals surface area (Å²) in [5.41, 5.74) is 0.151. The summed E-state index contributed by atoms with van der Waals surface area (Å²) in [7, 11) is 0. The number of nitro benzene ring substituents is 1. The molecule has 0 radical (unpaired) electrons. The van der Waals surface area contributed by atoms with E-state index in [1.165, 1.54) is 6.07 Å². The van der Waals surface area contributed by atoms with Crippen LogP contribution in [-0.2, 0) is 22.4 Å². The Labute approximate surface area is 104 Å². The van der Waals surface area contributed by atoms with Crippen LogP contribution in [0.2, 0.25) is 5.32 Å². The standard InChI is InChI=1S/C9H6NO2Se.Ag/c1-2-7-13-9-6-4-3-5-8(9)10(11)12;/h3-6H,7H2;/q-1;+1. The Kier molecular flexibility index (Phi) is 6.56. The second-order valence-electron chi connectivity index (χ2n) is 2.19. The van der Waals surface area contributed by atoms with Gasteiger partial charge in [0.15, 0.2) is 0 Å². The molecular formula is C9H6AgNO2Se. The van der Waals surface area contributed by atoms with Crippen LogP contribution in [0.15, 0.2) is 24.3 Å². The van der Waals surface area contributed by atoms with Crippen LogP contribution in [0.5, 0.6) is 0 Å². The average molecular weight is 347 g/mol. The van der Waals surface area contributed by atoms with Gasteiger partial charge in [-0.15, -0.1) is 0 Å². The van der Waals surface area contributed by atoms with Crippen LogP contribution in [0.3, 0.4) is 0 Å². The molecule has 14 heavy (non-hydrogen) atoms. The Morgan fingerprint density at radius 2 is 2.14 bits per heavy atom. The Morgan fingerprint density at radius 3 is 2.71 bits per heavy atom. The Balaban J connectivity index is 0.00000169. The van der Waals surface area contributed by atoms with Crippen LogP contribution in [0.25, 0.3) is 0 Å². The van der Waals surface area contributed by atoms with Gasteiger partial charge in [-0.05, 0) is 0 Å². The Hall–Kier alpha value is -0.560. The van der Waals surface area contributed by atoms with Crippen molar-refractivity contribution in [1.29, 1.82) is 0 Å². The van der Waals surface area contributed by atoms with E-state index in [0.29, 0.717) is 5.32 Å². The van der Waals surface area contributed by atoms with Crippen molar-refractivity contribution in [3.8, 4) is 5.92 Å². The predicted octanol–water partition coefficient (Wildman–Crippen LogP) is 0.930. The number of hydrogen-bond donors (Lipinski definition) is 0. The SMILES string of the molecule is [Ag+].[C-]#CC[Se]c1ccccc1[N+](=O)[O-]. The molecule has 0 unspecified atom stereocenters. The summed E-state index contributed by atoms with van der Waals surface area (Å²) in [6.45, 7) is 0. The van der Waals surface area contributed by atoms with Gasteiger partial charge >= 0.3 is 104 Å². The van der Waals surface area contributed by atoms with Crippen molar-refractivity contribution in [2.75, 3.05) is 0 Å². The monoisotopic (exact) mass is 347 g/mol. The predicted molar refractivity (Wildman–Crippen MR) is 50.4 cm³/mol. The number of nitrogens with zero attached hydrogens (tertiary/aromatic N) is 1. The molecule has 0 aromatic heterocycles. The first-order valence-corrected chi connectivity index (χ1v) is 5.58. The second-order valence-corrected chi connectivity index (χ2v) is 4.32. The molecule has 0 N–H and O–H groups in total. The molecule has 0 saturated carbocycles. The number of hydrogen-bond acceptors (Lipinski definition) is 2. The third-order valence-electron chi connectivity index (χ3n) is 1.36. The molecule has 1 rings (SSSR count). The van der Waals surface area contributed by atoms with Gasteiger partial charge in [0.2, 0.25) is 0 Å². The Bertz CT molecular complexity index is 362. The van der Waals surface area contributed by atoms with Gasteiger partial charge in [0.05, 0.1) is 0 Å². The molecule has 0 aliphatic rings. The van der Waals surface area contributed by atoms with Crippen LogP contribution in [-0.4, -0.2) is 19.9 Å². The molecular weight excluding hydrogens is 341 g/mol. The van der Waals surface area contributed by atoms with Crippen LogP contribution < -0.4 is 4.46 Å². The van der Waals surface area contributed by atoms with Gasteiger partial charge in [-0.25, -0.2) is 0 Å². The summed E-state index contributed by atoms with van der Waals surface area (Å²) in [6, 6.07) is 6.64. The normalized spacial score (nSPS) is 8.50. The van der Waals surface area contributed by atoms with Gasteiger partial charge in [-0.2, -0.15) is 0 Å². The molecule has 5 heteroatoms. The fourth-order valence-corrected chi connectivity index (χ4v) is 2.30. The molecule has 0 atom stereocenters. The fourth-order valence-electron chi connectivity index (χ4n) is 0.844. The second kappa shape index (κ2) is 6.83. The van der Waals surface area contributed by atoms with Gasteiger partial charge in [-0.3, -0.25) is 0 Å². The fraction of sp³-hybridized carbons (Fsp3) is 0.111. The van der Waals surface area contributed by atoms with E-state index < -0.39 is 0 Å². The molecule has 0 amide bonds. The molecule has 0 bridgehead atoms. The van der Waals surface area contributed by atoms with Gasteiger partial charge in [0, 0.05) is 0 Å². The zero-order valence-corrected chi connectivity index (χ0v) is 10.2. The van der Waals surface area contributed by atoms with E-state index in [2.05, 4.69) is 5.92 Å². The topological polar surface area (TPSA) is 43.1 Å². The van der Waals surface area contributed by atoms with E-state index in [-0.39, 0.29) is 47.9 Å². The zero-order chi connectivity index (χ0) is 9.68. The third kappa shape index (κ3) is 3.67. The Morgan fingerprint density at radius 1 is 1.50 bits per heavy atom. The van der Waals surface area contributed by atoms with Crippen molar-refractivity contribution in [2.24, 2.45) is 0 Å². The summed E-state index contributed by atoms with van der Waals surface area (Å²) in [6.07, 6.45) is 6.73. The van der Waals surface area contributed by atoms with E-state index in [9.17, 15) is 10.1 Å². The zero-order valence-electron chi connectivity index (χ0n) is 6.99. The molecule has 3 nitrogen and oxygen atoms in total. The molecule has 0 aliphatic heterocycles. The summed E-state index contributed by atoms with van der Waals surface area (Å²) in [5.74, 6) is 2.24. The van der Waals surface area contributed by atoms with E-state index >= 15 is 0 Å². The first kappa shape index (κ1) is 13.4. The molecule has 0 fully saturated rings. The summed E-state index contributed by atoms with van der Waals surface area (Å²) in [4.78, 5) is 10.1.